The highest BCUT2D eigenvalue weighted by Crippen LogP contribution is 2.19. The molecule has 1 aromatic rings. The zero-order valence-electron chi connectivity index (χ0n) is 8.57. The standard InChI is InChI=1S/C11H14ClNOS/c1-2-9(7-11(13)15)14-10-5-3-4-8(12)6-10/h3-6,9H,2,7H2,1H3,(H2,13,15). The molecule has 4 heteroatoms. The van der Waals surface area contributed by atoms with E-state index in [-0.39, 0.29) is 6.10 Å². The van der Waals surface area contributed by atoms with Crippen LogP contribution in [0, 0.1) is 0 Å². The molecule has 0 amide bonds. The van der Waals surface area contributed by atoms with Crippen molar-refractivity contribution in [3.8, 4) is 5.75 Å². The third kappa shape index (κ3) is 4.49. The Balaban J connectivity index is 2.62. The van der Waals surface area contributed by atoms with Crippen molar-refractivity contribution < 1.29 is 4.74 Å². The fraction of sp³-hybridized carbons (Fsp3) is 0.364. The molecule has 0 spiro atoms. The van der Waals surface area contributed by atoms with Gasteiger partial charge in [0.2, 0.25) is 0 Å². The number of hydrogen-bond donors (Lipinski definition) is 1. The summed E-state index contributed by atoms with van der Waals surface area (Å²) in [5.74, 6) is 0.755. The van der Waals surface area contributed by atoms with Crippen LogP contribution in [0.4, 0.5) is 0 Å². The second-order valence-electron chi connectivity index (χ2n) is 3.28. The van der Waals surface area contributed by atoms with Gasteiger partial charge in [-0.05, 0) is 24.6 Å². The molecule has 0 aromatic heterocycles. The van der Waals surface area contributed by atoms with Crippen molar-refractivity contribution in [1.82, 2.24) is 0 Å². The molecular formula is C11H14ClNOS. The van der Waals surface area contributed by atoms with E-state index in [1.54, 1.807) is 6.07 Å². The minimum atomic E-state index is 0.0287. The first-order valence-corrected chi connectivity index (χ1v) is 5.61. The maximum Gasteiger partial charge on any atom is 0.121 e. The van der Waals surface area contributed by atoms with E-state index in [1.807, 2.05) is 25.1 Å². The van der Waals surface area contributed by atoms with E-state index in [0.29, 0.717) is 16.4 Å². The van der Waals surface area contributed by atoms with E-state index in [1.165, 1.54) is 0 Å². The molecule has 2 N–H and O–H groups in total. The Hall–Kier alpha value is -0.800. The first kappa shape index (κ1) is 12.3. The zero-order chi connectivity index (χ0) is 11.3. The largest absolute Gasteiger partial charge is 0.490 e. The summed E-state index contributed by atoms with van der Waals surface area (Å²) < 4.78 is 5.70. The average molecular weight is 244 g/mol. The lowest BCUT2D eigenvalue weighted by Crippen LogP contribution is -2.23. The highest BCUT2D eigenvalue weighted by atomic mass is 35.5. The molecule has 0 aliphatic rings. The van der Waals surface area contributed by atoms with Gasteiger partial charge in [-0.3, -0.25) is 0 Å². The number of ether oxygens (including phenoxy) is 1. The van der Waals surface area contributed by atoms with Crippen molar-refractivity contribution in [3.63, 3.8) is 0 Å². The van der Waals surface area contributed by atoms with Gasteiger partial charge in [-0.2, -0.15) is 0 Å². The topological polar surface area (TPSA) is 35.2 Å². The first-order chi connectivity index (χ1) is 7.11. The van der Waals surface area contributed by atoms with Gasteiger partial charge in [0.1, 0.15) is 11.9 Å². The second-order valence-corrected chi connectivity index (χ2v) is 4.24. The summed E-state index contributed by atoms with van der Waals surface area (Å²) in [4.78, 5) is 0.476. The number of rotatable bonds is 5. The monoisotopic (exact) mass is 243 g/mol. The van der Waals surface area contributed by atoms with E-state index < -0.39 is 0 Å². The van der Waals surface area contributed by atoms with Gasteiger partial charge >= 0.3 is 0 Å². The number of nitrogens with two attached hydrogens (primary N) is 1. The van der Waals surface area contributed by atoms with Gasteiger partial charge < -0.3 is 10.5 Å². The number of thiocarbonyl (C=S) groups is 1. The quantitative estimate of drug-likeness (QED) is 0.807. The Kier molecular flexibility index (Phi) is 4.85. The molecule has 1 aromatic carbocycles. The summed E-state index contributed by atoms with van der Waals surface area (Å²) in [5.41, 5.74) is 5.48. The summed E-state index contributed by atoms with van der Waals surface area (Å²) in [6, 6.07) is 7.31. The Labute approximate surface area is 100 Å². The predicted molar refractivity (Wildman–Crippen MR) is 67.6 cm³/mol. The smallest absolute Gasteiger partial charge is 0.121 e. The molecule has 1 unspecified atom stereocenters. The van der Waals surface area contributed by atoms with Crippen molar-refractivity contribution in [2.75, 3.05) is 0 Å². The lowest BCUT2D eigenvalue weighted by Gasteiger charge is -2.16. The molecule has 0 saturated carbocycles. The van der Waals surface area contributed by atoms with E-state index in [4.69, 9.17) is 34.3 Å². The fourth-order valence-corrected chi connectivity index (χ4v) is 1.59. The van der Waals surface area contributed by atoms with E-state index in [9.17, 15) is 0 Å². The third-order valence-corrected chi connectivity index (χ3v) is 2.38. The van der Waals surface area contributed by atoms with Gasteiger partial charge in [-0.25, -0.2) is 0 Å². The van der Waals surface area contributed by atoms with Crippen LogP contribution < -0.4 is 10.5 Å². The van der Waals surface area contributed by atoms with Crippen LogP contribution in [0.25, 0.3) is 0 Å². The molecule has 1 atom stereocenters. The van der Waals surface area contributed by atoms with Gasteiger partial charge in [0, 0.05) is 11.4 Å². The Morgan fingerprint density at radius 2 is 2.33 bits per heavy atom. The molecule has 15 heavy (non-hydrogen) atoms. The van der Waals surface area contributed by atoms with Crippen LogP contribution in [0.15, 0.2) is 24.3 Å². The molecule has 0 aliphatic heterocycles. The van der Waals surface area contributed by atoms with Crippen molar-refractivity contribution in [2.45, 2.75) is 25.9 Å². The van der Waals surface area contributed by atoms with Crippen molar-refractivity contribution >= 4 is 28.8 Å². The number of halogens is 1. The van der Waals surface area contributed by atoms with Crippen LogP contribution in [0.5, 0.6) is 5.75 Å². The highest BCUT2D eigenvalue weighted by molar-refractivity contribution is 7.80. The SMILES string of the molecule is CCC(CC(N)=S)Oc1cccc(Cl)c1. The lowest BCUT2D eigenvalue weighted by molar-refractivity contribution is 0.205. The summed E-state index contributed by atoms with van der Waals surface area (Å²) in [5, 5.41) is 0.665. The molecule has 0 bridgehead atoms. The van der Waals surface area contributed by atoms with Crippen LogP contribution in [0.3, 0.4) is 0 Å². The molecule has 0 heterocycles. The Morgan fingerprint density at radius 3 is 2.87 bits per heavy atom. The molecular weight excluding hydrogens is 230 g/mol. The van der Waals surface area contributed by atoms with Crippen LogP contribution >= 0.6 is 23.8 Å². The molecule has 0 aliphatic carbocycles. The van der Waals surface area contributed by atoms with Crippen molar-refractivity contribution in [3.05, 3.63) is 29.3 Å². The van der Waals surface area contributed by atoms with Gasteiger partial charge in [-0.1, -0.05) is 36.8 Å². The van der Waals surface area contributed by atoms with Crippen LogP contribution in [0.1, 0.15) is 19.8 Å². The van der Waals surface area contributed by atoms with E-state index in [2.05, 4.69) is 0 Å². The van der Waals surface area contributed by atoms with Crippen molar-refractivity contribution in [2.24, 2.45) is 5.73 Å². The van der Waals surface area contributed by atoms with Gasteiger partial charge in [-0.15, -0.1) is 0 Å². The van der Waals surface area contributed by atoms with Gasteiger partial charge in [0.15, 0.2) is 0 Å². The highest BCUT2D eigenvalue weighted by Gasteiger charge is 2.09. The Bertz CT molecular complexity index is 343. The van der Waals surface area contributed by atoms with Crippen LogP contribution in [-0.2, 0) is 0 Å². The molecule has 0 radical (unpaired) electrons. The Morgan fingerprint density at radius 1 is 1.60 bits per heavy atom. The van der Waals surface area contributed by atoms with Gasteiger partial charge in [0.05, 0.1) is 4.99 Å². The second kappa shape index (κ2) is 5.93. The fourth-order valence-electron chi connectivity index (χ4n) is 1.23. The minimum absolute atomic E-state index is 0.0287. The van der Waals surface area contributed by atoms with E-state index in [0.717, 1.165) is 12.2 Å². The molecule has 1 rings (SSSR count). The zero-order valence-corrected chi connectivity index (χ0v) is 10.1. The summed E-state index contributed by atoms with van der Waals surface area (Å²) >= 11 is 10.7. The average Bonchev–Trinajstić information content (AvgIpc) is 2.16. The third-order valence-electron chi connectivity index (χ3n) is 1.98. The normalized spacial score (nSPS) is 12.1. The number of hydrogen-bond acceptors (Lipinski definition) is 2. The molecule has 0 fully saturated rings. The van der Waals surface area contributed by atoms with Crippen LogP contribution in [-0.4, -0.2) is 11.1 Å². The van der Waals surface area contributed by atoms with E-state index >= 15 is 0 Å². The minimum Gasteiger partial charge on any atom is -0.490 e. The summed E-state index contributed by atoms with van der Waals surface area (Å²) in [6.45, 7) is 2.04. The van der Waals surface area contributed by atoms with Crippen LogP contribution in [0.2, 0.25) is 5.02 Å². The predicted octanol–water partition coefficient (Wildman–Crippen LogP) is 3.17. The summed E-state index contributed by atoms with van der Waals surface area (Å²) in [7, 11) is 0. The number of benzene rings is 1. The summed E-state index contributed by atoms with van der Waals surface area (Å²) in [6.07, 6.45) is 1.49. The first-order valence-electron chi connectivity index (χ1n) is 4.82. The molecule has 0 saturated heterocycles. The molecule has 2 nitrogen and oxygen atoms in total. The van der Waals surface area contributed by atoms with Crippen molar-refractivity contribution in [1.29, 1.82) is 0 Å². The van der Waals surface area contributed by atoms with Gasteiger partial charge in [0.25, 0.3) is 0 Å². The maximum atomic E-state index is 5.85. The maximum absolute atomic E-state index is 5.85. The molecule has 82 valence electrons. The lowest BCUT2D eigenvalue weighted by atomic mass is 10.2.